The third-order valence-electron chi connectivity index (χ3n) is 5.71. The SMILES string of the molecule is Cc1cc(C)c2c(n1)nn1c(C)c(CCC(=O)N3CCCCC3)c(C)nc21. The minimum Gasteiger partial charge on any atom is -0.343 e. The van der Waals surface area contributed by atoms with Crippen LogP contribution in [-0.4, -0.2) is 43.5 Å². The van der Waals surface area contributed by atoms with Crippen molar-refractivity contribution >= 4 is 22.6 Å². The van der Waals surface area contributed by atoms with Crippen LogP contribution in [0.3, 0.4) is 0 Å². The second kappa shape index (κ2) is 6.91. The molecule has 0 unspecified atom stereocenters. The average molecular weight is 365 g/mol. The molecule has 142 valence electrons. The lowest BCUT2D eigenvalue weighted by Crippen LogP contribution is -2.35. The molecule has 0 N–H and O–H groups in total. The normalized spacial score (nSPS) is 15.0. The highest BCUT2D eigenvalue weighted by molar-refractivity contribution is 5.93. The number of piperidine rings is 1. The van der Waals surface area contributed by atoms with Crippen molar-refractivity contribution < 1.29 is 4.79 Å². The summed E-state index contributed by atoms with van der Waals surface area (Å²) < 4.78 is 1.90. The van der Waals surface area contributed by atoms with Crippen LogP contribution < -0.4 is 0 Å². The molecule has 0 atom stereocenters. The van der Waals surface area contributed by atoms with E-state index in [2.05, 4.69) is 24.9 Å². The van der Waals surface area contributed by atoms with Gasteiger partial charge in [-0.2, -0.15) is 0 Å². The third-order valence-corrected chi connectivity index (χ3v) is 5.71. The Labute approximate surface area is 159 Å². The fourth-order valence-electron chi connectivity index (χ4n) is 4.26. The summed E-state index contributed by atoms with van der Waals surface area (Å²) in [5, 5.41) is 5.72. The zero-order chi connectivity index (χ0) is 19.1. The van der Waals surface area contributed by atoms with Crippen LogP contribution in [-0.2, 0) is 11.2 Å². The standard InChI is InChI=1S/C21H27N5O/c1-13-12-14(2)22-20-19(13)21-23-15(3)17(16(4)26(21)24-20)8-9-18(27)25-10-6-5-7-11-25/h12H,5-11H2,1-4H3. The molecule has 1 amide bonds. The fraction of sp³-hybridized carbons (Fsp3) is 0.524. The van der Waals surface area contributed by atoms with Gasteiger partial charge in [0.2, 0.25) is 5.91 Å². The van der Waals surface area contributed by atoms with Crippen LogP contribution in [0.15, 0.2) is 6.07 Å². The summed E-state index contributed by atoms with van der Waals surface area (Å²) in [6, 6.07) is 2.07. The lowest BCUT2D eigenvalue weighted by atomic mass is 10.0. The molecule has 0 spiro atoms. The molecule has 1 saturated heterocycles. The predicted octanol–water partition coefficient (Wildman–Crippen LogP) is 3.46. The molecule has 0 radical (unpaired) electrons. The number of amides is 1. The molecule has 27 heavy (non-hydrogen) atoms. The van der Waals surface area contributed by atoms with Gasteiger partial charge in [-0.15, -0.1) is 5.10 Å². The van der Waals surface area contributed by atoms with Crippen LogP contribution in [0.4, 0.5) is 0 Å². The molecule has 6 heteroatoms. The first-order valence-corrected chi connectivity index (χ1v) is 9.86. The smallest absolute Gasteiger partial charge is 0.222 e. The van der Waals surface area contributed by atoms with E-state index in [1.54, 1.807) is 0 Å². The molecule has 0 aromatic carbocycles. The number of aromatic nitrogens is 4. The Morgan fingerprint density at radius 3 is 2.56 bits per heavy atom. The first-order chi connectivity index (χ1) is 13.0. The first kappa shape index (κ1) is 17.9. The summed E-state index contributed by atoms with van der Waals surface area (Å²) in [5.41, 5.74) is 6.86. The zero-order valence-corrected chi connectivity index (χ0v) is 16.7. The second-order valence-electron chi connectivity index (χ2n) is 7.72. The molecule has 1 fully saturated rings. The molecule has 4 rings (SSSR count). The molecule has 4 heterocycles. The predicted molar refractivity (Wildman–Crippen MR) is 106 cm³/mol. The maximum absolute atomic E-state index is 12.6. The zero-order valence-electron chi connectivity index (χ0n) is 16.7. The van der Waals surface area contributed by atoms with Gasteiger partial charge in [-0.05, 0) is 70.6 Å². The number of carbonyl (C=O) groups is 1. The van der Waals surface area contributed by atoms with Gasteiger partial charge in [-0.25, -0.2) is 14.5 Å². The number of hydrogen-bond acceptors (Lipinski definition) is 4. The van der Waals surface area contributed by atoms with E-state index in [0.717, 1.165) is 70.8 Å². The quantitative estimate of drug-likeness (QED) is 0.713. The van der Waals surface area contributed by atoms with E-state index in [9.17, 15) is 4.79 Å². The molecule has 0 saturated carbocycles. The van der Waals surface area contributed by atoms with Crippen LogP contribution >= 0.6 is 0 Å². The van der Waals surface area contributed by atoms with Gasteiger partial charge in [0.1, 0.15) is 0 Å². The highest BCUT2D eigenvalue weighted by Crippen LogP contribution is 2.25. The molecular weight excluding hydrogens is 338 g/mol. The number of nitrogens with zero attached hydrogens (tertiary/aromatic N) is 5. The van der Waals surface area contributed by atoms with Crippen molar-refractivity contribution in [2.45, 2.75) is 59.8 Å². The number of likely N-dealkylation sites (tertiary alicyclic amines) is 1. The van der Waals surface area contributed by atoms with Crippen LogP contribution in [0.5, 0.6) is 0 Å². The Morgan fingerprint density at radius 2 is 1.81 bits per heavy atom. The van der Waals surface area contributed by atoms with Gasteiger partial charge >= 0.3 is 0 Å². The van der Waals surface area contributed by atoms with E-state index < -0.39 is 0 Å². The number of hydrogen-bond donors (Lipinski definition) is 0. The van der Waals surface area contributed by atoms with Crippen molar-refractivity contribution in [2.75, 3.05) is 13.1 Å². The van der Waals surface area contributed by atoms with Crippen molar-refractivity contribution in [3.63, 3.8) is 0 Å². The second-order valence-corrected chi connectivity index (χ2v) is 7.72. The Kier molecular flexibility index (Phi) is 4.58. The molecule has 0 aliphatic carbocycles. The van der Waals surface area contributed by atoms with Crippen molar-refractivity contribution in [2.24, 2.45) is 0 Å². The number of carbonyl (C=O) groups excluding carboxylic acids is 1. The minimum absolute atomic E-state index is 0.257. The average Bonchev–Trinajstić information content (AvgIpc) is 3.00. The summed E-state index contributed by atoms with van der Waals surface area (Å²) in [5.74, 6) is 0.257. The highest BCUT2D eigenvalue weighted by Gasteiger charge is 2.20. The Bertz CT molecular complexity index is 1030. The molecule has 1 aliphatic heterocycles. The van der Waals surface area contributed by atoms with Gasteiger partial charge in [0.25, 0.3) is 0 Å². The van der Waals surface area contributed by atoms with Gasteiger partial charge < -0.3 is 4.90 Å². The monoisotopic (exact) mass is 365 g/mol. The number of aryl methyl sites for hydroxylation is 4. The molecule has 0 bridgehead atoms. The molecule has 6 nitrogen and oxygen atoms in total. The lowest BCUT2D eigenvalue weighted by molar-refractivity contribution is -0.132. The minimum atomic E-state index is 0.257. The summed E-state index contributed by atoms with van der Waals surface area (Å²) in [6.45, 7) is 9.97. The lowest BCUT2D eigenvalue weighted by Gasteiger charge is -2.26. The summed E-state index contributed by atoms with van der Waals surface area (Å²) in [7, 11) is 0. The van der Waals surface area contributed by atoms with Crippen LogP contribution in [0, 0.1) is 27.7 Å². The van der Waals surface area contributed by atoms with Crippen LogP contribution in [0.1, 0.15) is 53.9 Å². The highest BCUT2D eigenvalue weighted by atomic mass is 16.2. The van der Waals surface area contributed by atoms with E-state index in [-0.39, 0.29) is 5.91 Å². The Balaban J connectivity index is 1.68. The Morgan fingerprint density at radius 1 is 1.07 bits per heavy atom. The fourth-order valence-corrected chi connectivity index (χ4v) is 4.26. The van der Waals surface area contributed by atoms with E-state index >= 15 is 0 Å². The number of pyridine rings is 1. The molecule has 3 aromatic rings. The van der Waals surface area contributed by atoms with E-state index in [4.69, 9.17) is 10.1 Å². The van der Waals surface area contributed by atoms with Gasteiger partial charge in [-0.3, -0.25) is 4.79 Å². The third kappa shape index (κ3) is 3.17. The summed E-state index contributed by atoms with van der Waals surface area (Å²) in [6.07, 6.45) is 4.73. The molecule has 3 aromatic heterocycles. The van der Waals surface area contributed by atoms with Gasteiger partial charge in [0, 0.05) is 36.6 Å². The largest absolute Gasteiger partial charge is 0.343 e. The summed E-state index contributed by atoms with van der Waals surface area (Å²) in [4.78, 5) is 24.0. The van der Waals surface area contributed by atoms with E-state index in [1.165, 1.54) is 6.42 Å². The van der Waals surface area contributed by atoms with Crippen LogP contribution in [0.25, 0.3) is 16.7 Å². The van der Waals surface area contributed by atoms with Gasteiger partial charge in [0.15, 0.2) is 11.3 Å². The van der Waals surface area contributed by atoms with Crippen molar-refractivity contribution in [1.82, 2.24) is 24.5 Å². The first-order valence-electron chi connectivity index (χ1n) is 9.86. The van der Waals surface area contributed by atoms with Crippen molar-refractivity contribution in [1.29, 1.82) is 0 Å². The van der Waals surface area contributed by atoms with Crippen molar-refractivity contribution in [3.05, 3.63) is 34.3 Å². The van der Waals surface area contributed by atoms with Crippen LogP contribution in [0.2, 0.25) is 0 Å². The molecular formula is C21H27N5O. The van der Waals surface area contributed by atoms with Gasteiger partial charge in [-0.1, -0.05) is 0 Å². The van der Waals surface area contributed by atoms with Crippen molar-refractivity contribution in [3.8, 4) is 0 Å². The molecule has 1 aliphatic rings. The Hall–Kier alpha value is -2.50. The van der Waals surface area contributed by atoms with E-state index in [1.807, 2.05) is 23.3 Å². The van der Waals surface area contributed by atoms with E-state index in [0.29, 0.717) is 12.8 Å². The maximum Gasteiger partial charge on any atom is 0.222 e. The maximum atomic E-state index is 12.6. The van der Waals surface area contributed by atoms with Gasteiger partial charge in [0.05, 0.1) is 5.39 Å². The summed E-state index contributed by atoms with van der Waals surface area (Å²) >= 11 is 0. The number of fused-ring (bicyclic) bond motifs is 3. The number of rotatable bonds is 3. The topological polar surface area (TPSA) is 63.4 Å².